The molecule has 3 rings (SSSR count). The molecule has 1 aliphatic carbocycles. The van der Waals surface area contributed by atoms with Crippen molar-refractivity contribution in [3.8, 4) is 17.2 Å². The first-order chi connectivity index (χ1) is 12.1. The standard InChI is InChI=1S/C20H19ClO4/c1-4-25-20-17(23-2)9-12(10-18(20)24-3)8-13-11-15-14(19(13)22)6-5-7-16(15)21/h5-10H,4,11H2,1-3H3/b13-8-. The van der Waals surface area contributed by atoms with Gasteiger partial charge in [-0.3, -0.25) is 4.79 Å². The van der Waals surface area contributed by atoms with E-state index in [2.05, 4.69) is 0 Å². The van der Waals surface area contributed by atoms with Gasteiger partial charge in [0.25, 0.3) is 0 Å². The monoisotopic (exact) mass is 358 g/mol. The fourth-order valence-corrected chi connectivity index (χ4v) is 3.22. The summed E-state index contributed by atoms with van der Waals surface area (Å²) in [5.74, 6) is 1.69. The molecule has 4 nitrogen and oxygen atoms in total. The minimum Gasteiger partial charge on any atom is -0.493 e. The Morgan fingerprint density at radius 1 is 1.16 bits per heavy atom. The van der Waals surface area contributed by atoms with E-state index < -0.39 is 0 Å². The summed E-state index contributed by atoms with van der Waals surface area (Å²) in [6, 6.07) is 9.07. The molecule has 5 heteroatoms. The van der Waals surface area contributed by atoms with Gasteiger partial charge in [0.15, 0.2) is 17.3 Å². The third-order valence-corrected chi connectivity index (χ3v) is 4.49. The van der Waals surface area contributed by atoms with Gasteiger partial charge in [0, 0.05) is 22.6 Å². The molecule has 0 saturated carbocycles. The molecular formula is C20H19ClO4. The van der Waals surface area contributed by atoms with Gasteiger partial charge in [-0.25, -0.2) is 0 Å². The number of rotatable bonds is 5. The predicted molar refractivity (Wildman–Crippen MR) is 98.2 cm³/mol. The summed E-state index contributed by atoms with van der Waals surface area (Å²) in [6.45, 7) is 2.40. The van der Waals surface area contributed by atoms with Crippen LogP contribution in [-0.4, -0.2) is 26.6 Å². The molecule has 0 radical (unpaired) electrons. The molecule has 0 saturated heterocycles. The number of ketones is 1. The zero-order valence-electron chi connectivity index (χ0n) is 14.4. The van der Waals surface area contributed by atoms with Crippen LogP contribution in [0.3, 0.4) is 0 Å². The number of Topliss-reactive ketones (excluding diaryl/α,β-unsaturated/α-hetero) is 1. The Balaban J connectivity index is 2.02. The van der Waals surface area contributed by atoms with Crippen LogP contribution in [0.4, 0.5) is 0 Å². The molecule has 0 atom stereocenters. The van der Waals surface area contributed by atoms with Gasteiger partial charge in [-0.15, -0.1) is 0 Å². The molecule has 0 fully saturated rings. The molecule has 2 aromatic carbocycles. The van der Waals surface area contributed by atoms with Crippen molar-refractivity contribution < 1.29 is 19.0 Å². The molecular weight excluding hydrogens is 340 g/mol. The molecule has 0 spiro atoms. The second kappa shape index (κ2) is 7.19. The number of methoxy groups -OCH3 is 2. The molecule has 0 amide bonds. The Hall–Kier alpha value is -2.46. The smallest absolute Gasteiger partial charge is 0.203 e. The minimum atomic E-state index is 0.00400. The van der Waals surface area contributed by atoms with E-state index in [-0.39, 0.29) is 5.78 Å². The SMILES string of the molecule is CCOc1c(OC)cc(/C=C2/Cc3c(Cl)cccc3C2=O)cc1OC. The van der Waals surface area contributed by atoms with Gasteiger partial charge < -0.3 is 14.2 Å². The highest BCUT2D eigenvalue weighted by Crippen LogP contribution is 2.40. The number of halogens is 1. The third kappa shape index (κ3) is 3.22. The van der Waals surface area contributed by atoms with Crippen LogP contribution in [0.5, 0.6) is 17.2 Å². The van der Waals surface area contributed by atoms with Crippen molar-refractivity contribution in [2.45, 2.75) is 13.3 Å². The lowest BCUT2D eigenvalue weighted by Crippen LogP contribution is -2.00. The number of carbonyl (C=O) groups excluding carboxylic acids is 1. The summed E-state index contributed by atoms with van der Waals surface area (Å²) >= 11 is 6.22. The Morgan fingerprint density at radius 3 is 2.40 bits per heavy atom. The molecule has 0 aromatic heterocycles. The zero-order valence-corrected chi connectivity index (χ0v) is 15.1. The van der Waals surface area contributed by atoms with Crippen LogP contribution in [0.15, 0.2) is 35.9 Å². The van der Waals surface area contributed by atoms with Crippen molar-refractivity contribution in [2.75, 3.05) is 20.8 Å². The lowest BCUT2D eigenvalue weighted by Gasteiger charge is -2.14. The van der Waals surface area contributed by atoms with E-state index in [9.17, 15) is 4.79 Å². The van der Waals surface area contributed by atoms with Gasteiger partial charge in [0.05, 0.1) is 20.8 Å². The van der Waals surface area contributed by atoms with Crippen LogP contribution < -0.4 is 14.2 Å². The van der Waals surface area contributed by atoms with Gasteiger partial charge in [-0.2, -0.15) is 0 Å². The zero-order chi connectivity index (χ0) is 18.0. The van der Waals surface area contributed by atoms with Gasteiger partial charge in [-0.05, 0) is 42.3 Å². The van der Waals surface area contributed by atoms with Crippen molar-refractivity contribution in [1.29, 1.82) is 0 Å². The van der Waals surface area contributed by atoms with E-state index in [4.69, 9.17) is 25.8 Å². The normalized spacial score (nSPS) is 14.6. The molecule has 0 N–H and O–H groups in total. The van der Waals surface area contributed by atoms with Gasteiger partial charge in [0.2, 0.25) is 5.75 Å². The predicted octanol–water partition coefficient (Wildman–Crippen LogP) is 4.58. The number of fused-ring (bicyclic) bond motifs is 1. The van der Waals surface area contributed by atoms with E-state index in [0.717, 1.165) is 11.1 Å². The van der Waals surface area contributed by atoms with Crippen molar-refractivity contribution in [1.82, 2.24) is 0 Å². The summed E-state index contributed by atoms with van der Waals surface area (Å²) in [4.78, 5) is 12.6. The molecule has 130 valence electrons. The van der Waals surface area contributed by atoms with Crippen LogP contribution in [0.2, 0.25) is 5.02 Å². The quantitative estimate of drug-likeness (QED) is 0.734. The van der Waals surface area contributed by atoms with Crippen LogP contribution in [0.1, 0.15) is 28.4 Å². The number of benzene rings is 2. The molecule has 0 heterocycles. The van der Waals surface area contributed by atoms with Gasteiger partial charge in [-0.1, -0.05) is 23.7 Å². The molecule has 0 unspecified atom stereocenters. The van der Waals surface area contributed by atoms with E-state index in [1.165, 1.54) is 0 Å². The van der Waals surface area contributed by atoms with E-state index in [0.29, 0.717) is 46.4 Å². The maximum Gasteiger partial charge on any atom is 0.203 e. The van der Waals surface area contributed by atoms with Crippen LogP contribution in [0, 0.1) is 0 Å². The maximum absolute atomic E-state index is 12.6. The summed E-state index contributed by atoms with van der Waals surface area (Å²) in [5, 5.41) is 0.621. The Morgan fingerprint density at radius 2 is 1.84 bits per heavy atom. The van der Waals surface area contributed by atoms with E-state index in [1.54, 1.807) is 26.4 Å². The van der Waals surface area contributed by atoms with Crippen LogP contribution in [0.25, 0.3) is 6.08 Å². The second-order valence-corrected chi connectivity index (χ2v) is 6.04. The third-order valence-electron chi connectivity index (χ3n) is 4.13. The van der Waals surface area contributed by atoms with Gasteiger partial charge in [0.1, 0.15) is 0 Å². The van der Waals surface area contributed by atoms with E-state index >= 15 is 0 Å². The number of ether oxygens (including phenoxy) is 3. The Bertz CT molecular complexity index is 830. The lowest BCUT2D eigenvalue weighted by molar-refractivity contribution is 0.104. The summed E-state index contributed by atoms with van der Waals surface area (Å²) in [7, 11) is 3.15. The Labute approximate surface area is 152 Å². The number of carbonyl (C=O) groups is 1. The Kier molecular flexibility index (Phi) is 5.00. The molecule has 1 aliphatic rings. The first-order valence-electron chi connectivity index (χ1n) is 8.00. The first kappa shape index (κ1) is 17.4. The topological polar surface area (TPSA) is 44.8 Å². The molecule has 2 aromatic rings. The first-order valence-corrected chi connectivity index (χ1v) is 8.38. The second-order valence-electron chi connectivity index (χ2n) is 5.63. The van der Waals surface area contributed by atoms with Crippen molar-refractivity contribution in [3.05, 3.63) is 57.6 Å². The molecule has 0 aliphatic heterocycles. The minimum absolute atomic E-state index is 0.00400. The van der Waals surface area contributed by atoms with Crippen molar-refractivity contribution in [2.24, 2.45) is 0 Å². The average molecular weight is 359 g/mol. The summed E-state index contributed by atoms with van der Waals surface area (Å²) in [6.07, 6.45) is 2.37. The van der Waals surface area contributed by atoms with Crippen molar-refractivity contribution >= 4 is 23.5 Å². The largest absolute Gasteiger partial charge is 0.493 e. The maximum atomic E-state index is 12.6. The summed E-state index contributed by atoms with van der Waals surface area (Å²) in [5.41, 5.74) is 3.05. The molecule has 25 heavy (non-hydrogen) atoms. The fourth-order valence-electron chi connectivity index (χ4n) is 2.98. The molecule has 0 bridgehead atoms. The van der Waals surface area contributed by atoms with Crippen LogP contribution in [-0.2, 0) is 6.42 Å². The average Bonchev–Trinajstić information content (AvgIpc) is 2.93. The highest BCUT2D eigenvalue weighted by molar-refractivity contribution is 6.33. The number of allylic oxidation sites excluding steroid dienone is 1. The summed E-state index contributed by atoms with van der Waals surface area (Å²) < 4.78 is 16.4. The highest BCUT2D eigenvalue weighted by Gasteiger charge is 2.26. The van der Waals surface area contributed by atoms with Crippen LogP contribution >= 0.6 is 11.6 Å². The van der Waals surface area contributed by atoms with E-state index in [1.807, 2.05) is 31.2 Å². The number of hydrogen-bond donors (Lipinski definition) is 0. The fraction of sp³-hybridized carbons (Fsp3) is 0.250. The highest BCUT2D eigenvalue weighted by atomic mass is 35.5. The number of hydrogen-bond acceptors (Lipinski definition) is 4. The lowest BCUT2D eigenvalue weighted by atomic mass is 10.1. The van der Waals surface area contributed by atoms with Crippen molar-refractivity contribution in [3.63, 3.8) is 0 Å². The van der Waals surface area contributed by atoms with Gasteiger partial charge >= 0.3 is 0 Å².